The SMILES string of the molecule is CCCCOC(=O)C1CC=C(CC/C=C(\C)CCC=C(C)C)CC1. The van der Waals surface area contributed by atoms with Gasteiger partial charge in [-0.25, -0.2) is 0 Å². The number of ether oxygens (including phenoxy) is 1. The Morgan fingerprint density at radius 1 is 1.25 bits per heavy atom. The predicted octanol–water partition coefficient (Wildman–Crippen LogP) is 6.53. The van der Waals surface area contributed by atoms with Gasteiger partial charge in [0, 0.05) is 0 Å². The molecule has 0 spiro atoms. The Morgan fingerprint density at radius 3 is 2.67 bits per heavy atom. The molecular formula is C22H36O2. The van der Waals surface area contributed by atoms with E-state index in [2.05, 4.69) is 45.9 Å². The fourth-order valence-electron chi connectivity index (χ4n) is 2.96. The quantitative estimate of drug-likeness (QED) is 0.258. The highest BCUT2D eigenvalue weighted by Gasteiger charge is 2.22. The minimum Gasteiger partial charge on any atom is -0.465 e. The molecule has 0 aromatic carbocycles. The van der Waals surface area contributed by atoms with Crippen molar-refractivity contribution in [1.82, 2.24) is 0 Å². The van der Waals surface area contributed by atoms with Gasteiger partial charge < -0.3 is 4.74 Å². The molecule has 0 aromatic rings. The van der Waals surface area contributed by atoms with E-state index >= 15 is 0 Å². The maximum atomic E-state index is 12.0. The number of allylic oxidation sites excluding steroid dienone is 6. The van der Waals surface area contributed by atoms with Crippen LogP contribution in [-0.4, -0.2) is 12.6 Å². The maximum Gasteiger partial charge on any atom is 0.309 e. The second kappa shape index (κ2) is 12.1. The lowest BCUT2D eigenvalue weighted by atomic mass is 9.87. The van der Waals surface area contributed by atoms with Crippen LogP contribution in [0.25, 0.3) is 0 Å². The van der Waals surface area contributed by atoms with Gasteiger partial charge in [-0.15, -0.1) is 0 Å². The van der Waals surface area contributed by atoms with Gasteiger partial charge in [-0.05, 0) is 72.1 Å². The minimum absolute atomic E-state index is 0.00811. The molecule has 1 unspecified atom stereocenters. The Bertz CT molecular complexity index is 464. The van der Waals surface area contributed by atoms with Crippen LogP contribution in [0.4, 0.5) is 0 Å². The van der Waals surface area contributed by atoms with Gasteiger partial charge in [-0.2, -0.15) is 0 Å². The average molecular weight is 333 g/mol. The average Bonchev–Trinajstić information content (AvgIpc) is 2.55. The smallest absolute Gasteiger partial charge is 0.309 e. The van der Waals surface area contributed by atoms with Gasteiger partial charge in [-0.3, -0.25) is 4.79 Å². The predicted molar refractivity (Wildman–Crippen MR) is 103 cm³/mol. The number of hydrogen-bond acceptors (Lipinski definition) is 2. The molecule has 24 heavy (non-hydrogen) atoms. The number of rotatable bonds is 10. The van der Waals surface area contributed by atoms with E-state index in [1.165, 1.54) is 16.7 Å². The highest BCUT2D eigenvalue weighted by molar-refractivity contribution is 5.72. The highest BCUT2D eigenvalue weighted by Crippen LogP contribution is 2.27. The van der Waals surface area contributed by atoms with Crippen molar-refractivity contribution < 1.29 is 9.53 Å². The van der Waals surface area contributed by atoms with Gasteiger partial charge >= 0.3 is 5.97 Å². The van der Waals surface area contributed by atoms with E-state index in [-0.39, 0.29) is 11.9 Å². The van der Waals surface area contributed by atoms with Crippen LogP contribution in [0.1, 0.15) is 85.5 Å². The summed E-state index contributed by atoms with van der Waals surface area (Å²) in [4.78, 5) is 12.0. The second-order valence-corrected chi connectivity index (χ2v) is 7.26. The molecule has 0 heterocycles. The van der Waals surface area contributed by atoms with Crippen LogP contribution in [0.3, 0.4) is 0 Å². The number of esters is 1. The first-order valence-electron chi connectivity index (χ1n) is 9.66. The molecule has 2 nitrogen and oxygen atoms in total. The standard InChI is InChI=1S/C22H36O2/c1-5-6-17-24-22(23)21-15-13-20(14-16-21)12-8-11-19(4)10-7-9-18(2)3/h9,11,13,21H,5-8,10,12,14-17H2,1-4H3/b19-11+. The van der Waals surface area contributed by atoms with Crippen molar-refractivity contribution >= 4 is 5.97 Å². The highest BCUT2D eigenvalue weighted by atomic mass is 16.5. The van der Waals surface area contributed by atoms with E-state index < -0.39 is 0 Å². The largest absolute Gasteiger partial charge is 0.465 e. The van der Waals surface area contributed by atoms with E-state index in [9.17, 15) is 4.79 Å². The number of carbonyl (C=O) groups excluding carboxylic acids is 1. The molecule has 0 aliphatic heterocycles. The van der Waals surface area contributed by atoms with E-state index in [4.69, 9.17) is 4.74 Å². The van der Waals surface area contributed by atoms with Gasteiger partial charge in [0.15, 0.2) is 0 Å². The third-order valence-electron chi connectivity index (χ3n) is 4.63. The van der Waals surface area contributed by atoms with Gasteiger partial charge in [0.2, 0.25) is 0 Å². The van der Waals surface area contributed by atoms with Crippen molar-refractivity contribution in [1.29, 1.82) is 0 Å². The summed E-state index contributed by atoms with van der Waals surface area (Å²) >= 11 is 0. The molecule has 1 atom stereocenters. The normalized spacial score (nSPS) is 18.1. The van der Waals surface area contributed by atoms with Crippen LogP contribution in [0.5, 0.6) is 0 Å². The minimum atomic E-state index is 0.00811. The third kappa shape index (κ3) is 9.10. The van der Waals surface area contributed by atoms with Gasteiger partial charge in [0.05, 0.1) is 12.5 Å². The molecule has 0 bridgehead atoms. The molecule has 0 amide bonds. The summed E-state index contributed by atoms with van der Waals surface area (Å²) < 4.78 is 5.34. The van der Waals surface area contributed by atoms with Crippen molar-refractivity contribution in [3.63, 3.8) is 0 Å². The summed E-state index contributed by atoms with van der Waals surface area (Å²) in [6, 6.07) is 0. The molecule has 2 heteroatoms. The van der Waals surface area contributed by atoms with Crippen LogP contribution in [0.15, 0.2) is 34.9 Å². The molecule has 0 fully saturated rings. The van der Waals surface area contributed by atoms with Crippen LogP contribution in [0, 0.1) is 5.92 Å². The van der Waals surface area contributed by atoms with Crippen molar-refractivity contribution in [3.8, 4) is 0 Å². The summed E-state index contributed by atoms with van der Waals surface area (Å²) in [6.45, 7) is 9.24. The van der Waals surface area contributed by atoms with E-state index in [1.807, 2.05) is 0 Å². The summed E-state index contributed by atoms with van der Waals surface area (Å²) in [7, 11) is 0. The first-order valence-corrected chi connectivity index (χ1v) is 9.66. The molecule has 0 saturated heterocycles. The van der Waals surface area contributed by atoms with Crippen molar-refractivity contribution in [2.75, 3.05) is 6.61 Å². The lowest BCUT2D eigenvalue weighted by Crippen LogP contribution is -2.20. The fraction of sp³-hybridized carbons (Fsp3) is 0.682. The van der Waals surface area contributed by atoms with Crippen LogP contribution < -0.4 is 0 Å². The Morgan fingerprint density at radius 2 is 2.04 bits per heavy atom. The molecule has 1 aliphatic carbocycles. The monoisotopic (exact) mass is 332 g/mol. The van der Waals surface area contributed by atoms with Crippen molar-refractivity contribution in [2.24, 2.45) is 5.92 Å². The van der Waals surface area contributed by atoms with Crippen LogP contribution in [-0.2, 0) is 9.53 Å². The van der Waals surface area contributed by atoms with Crippen LogP contribution in [0.2, 0.25) is 0 Å². The lowest BCUT2D eigenvalue weighted by molar-refractivity contribution is -0.148. The van der Waals surface area contributed by atoms with E-state index in [0.717, 1.165) is 57.8 Å². The Kier molecular flexibility index (Phi) is 10.5. The molecule has 1 aliphatic rings. The summed E-state index contributed by atoms with van der Waals surface area (Å²) in [5, 5.41) is 0. The Labute approximate surface area is 149 Å². The van der Waals surface area contributed by atoms with Crippen molar-refractivity contribution in [3.05, 3.63) is 34.9 Å². The second-order valence-electron chi connectivity index (χ2n) is 7.26. The zero-order chi connectivity index (χ0) is 17.8. The van der Waals surface area contributed by atoms with Gasteiger partial charge in [0.1, 0.15) is 0 Å². The van der Waals surface area contributed by atoms with Gasteiger partial charge in [0.25, 0.3) is 0 Å². The van der Waals surface area contributed by atoms with Crippen LogP contribution >= 0.6 is 0 Å². The van der Waals surface area contributed by atoms with E-state index in [1.54, 1.807) is 0 Å². The Balaban J connectivity index is 2.26. The van der Waals surface area contributed by atoms with E-state index in [0.29, 0.717) is 6.61 Å². The summed E-state index contributed by atoms with van der Waals surface area (Å²) in [5.74, 6) is 0.0979. The first kappa shape index (κ1) is 20.7. The third-order valence-corrected chi connectivity index (χ3v) is 4.63. The summed E-state index contributed by atoms with van der Waals surface area (Å²) in [5.41, 5.74) is 4.40. The Hall–Kier alpha value is -1.31. The van der Waals surface area contributed by atoms with Crippen molar-refractivity contribution in [2.45, 2.75) is 85.5 Å². The zero-order valence-corrected chi connectivity index (χ0v) is 16.2. The fourth-order valence-corrected chi connectivity index (χ4v) is 2.96. The zero-order valence-electron chi connectivity index (χ0n) is 16.2. The topological polar surface area (TPSA) is 26.3 Å². The lowest BCUT2D eigenvalue weighted by Gasteiger charge is -2.20. The molecule has 1 rings (SSSR count). The molecule has 0 radical (unpaired) electrons. The number of carbonyl (C=O) groups is 1. The number of unbranched alkanes of at least 4 members (excludes halogenated alkanes) is 1. The molecule has 0 aromatic heterocycles. The molecule has 0 saturated carbocycles. The van der Waals surface area contributed by atoms with Gasteiger partial charge in [-0.1, -0.05) is 48.3 Å². The number of hydrogen-bond donors (Lipinski definition) is 0. The first-order chi connectivity index (χ1) is 11.5. The maximum absolute atomic E-state index is 12.0. The molecule has 0 N–H and O–H groups in total. The molecule has 136 valence electrons. The summed E-state index contributed by atoms with van der Waals surface area (Å²) in [6.07, 6.45) is 16.5. The molecular weight excluding hydrogens is 296 g/mol.